The molecular weight excluding hydrogens is 327 g/mol. The van der Waals surface area contributed by atoms with Crippen molar-refractivity contribution < 1.29 is 14.0 Å². The molecule has 0 N–H and O–H groups in total. The van der Waals surface area contributed by atoms with Crippen LogP contribution >= 0.6 is 15.9 Å². The lowest BCUT2D eigenvalue weighted by molar-refractivity contribution is -0.128. The average molecular weight is 343 g/mol. The van der Waals surface area contributed by atoms with Gasteiger partial charge in [0.1, 0.15) is 5.82 Å². The Morgan fingerprint density at radius 2 is 1.80 bits per heavy atom. The number of carbonyl (C=O) groups is 2. The van der Waals surface area contributed by atoms with E-state index < -0.39 is 5.82 Å². The van der Waals surface area contributed by atoms with Gasteiger partial charge in [-0.2, -0.15) is 0 Å². The second-order valence-corrected chi connectivity index (χ2v) is 5.64. The molecule has 0 spiro atoms. The summed E-state index contributed by atoms with van der Waals surface area (Å²) in [5.41, 5.74) is 0.335. The first-order chi connectivity index (χ1) is 9.49. The molecule has 20 heavy (non-hydrogen) atoms. The van der Waals surface area contributed by atoms with Crippen LogP contribution in [-0.4, -0.2) is 47.8 Å². The Balaban J connectivity index is 2.09. The maximum Gasteiger partial charge on any atom is 0.254 e. The zero-order valence-electron chi connectivity index (χ0n) is 11.2. The highest BCUT2D eigenvalue weighted by atomic mass is 79.9. The Hall–Kier alpha value is -1.43. The summed E-state index contributed by atoms with van der Waals surface area (Å²) in [5, 5.41) is 0. The van der Waals surface area contributed by atoms with E-state index >= 15 is 0 Å². The summed E-state index contributed by atoms with van der Waals surface area (Å²) in [7, 11) is 0. The van der Waals surface area contributed by atoms with E-state index in [1.165, 1.54) is 19.1 Å². The highest BCUT2D eigenvalue weighted by Gasteiger charge is 2.21. The molecule has 1 aromatic carbocycles. The topological polar surface area (TPSA) is 40.6 Å². The number of carbonyl (C=O) groups excluding carboxylic acids is 2. The molecule has 108 valence electrons. The molecule has 4 nitrogen and oxygen atoms in total. The first kappa shape index (κ1) is 15.0. The van der Waals surface area contributed by atoms with Gasteiger partial charge in [0, 0.05) is 38.7 Å². The van der Waals surface area contributed by atoms with Gasteiger partial charge in [-0.25, -0.2) is 4.39 Å². The lowest BCUT2D eigenvalue weighted by Gasteiger charge is -2.21. The van der Waals surface area contributed by atoms with Crippen molar-refractivity contribution in [1.82, 2.24) is 9.80 Å². The predicted molar refractivity (Wildman–Crippen MR) is 76.9 cm³/mol. The Morgan fingerprint density at radius 3 is 2.45 bits per heavy atom. The normalized spacial score (nSPS) is 15.9. The molecule has 0 atom stereocenters. The second kappa shape index (κ2) is 6.35. The van der Waals surface area contributed by atoms with Gasteiger partial charge >= 0.3 is 0 Å². The van der Waals surface area contributed by atoms with Gasteiger partial charge in [-0.1, -0.05) is 0 Å². The minimum Gasteiger partial charge on any atom is -0.341 e. The molecule has 2 rings (SSSR count). The van der Waals surface area contributed by atoms with Crippen LogP contribution in [0.25, 0.3) is 0 Å². The van der Waals surface area contributed by atoms with Gasteiger partial charge in [0.2, 0.25) is 5.91 Å². The number of hydrogen-bond donors (Lipinski definition) is 0. The number of benzene rings is 1. The molecule has 1 aromatic rings. The van der Waals surface area contributed by atoms with E-state index in [1.54, 1.807) is 15.9 Å². The molecule has 0 saturated carbocycles. The second-order valence-electron chi connectivity index (χ2n) is 4.78. The van der Waals surface area contributed by atoms with E-state index in [9.17, 15) is 14.0 Å². The van der Waals surface area contributed by atoms with Crippen molar-refractivity contribution in [3.8, 4) is 0 Å². The number of rotatable bonds is 1. The van der Waals surface area contributed by atoms with Crippen LogP contribution in [-0.2, 0) is 4.79 Å². The van der Waals surface area contributed by atoms with Gasteiger partial charge in [-0.3, -0.25) is 9.59 Å². The molecule has 1 heterocycles. The molecule has 1 aliphatic rings. The molecule has 0 aliphatic carbocycles. The maximum atomic E-state index is 13.5. The molecule has 1 aliphatic heterocycles. The van der Waals surface area contributed by atoms with E-state index in [-0.39, 0.29) is 11.8 Å². The fourth-order valence-electron chi connectivity index (χ4n) is 2.25. The van der Waals surface area contributed by atoms with E-state index in [2.05, 4.69) is 15.9 Å². The molecule has 6 heteroatoms. The summed E-state index contributed by atoms with van der Waals surface area (Å²) < 4.78 is 13.8. The summed E-state index contributed by atoms with van der Waals surface area (Å²) in [6.07, 6.45) is 0.740. The van der Waals surface area contributed by atoms with E-state index in [1.807, 2.05) is 0 Å². The predicted octanol–water partition coefficient (Wildman–Crippen LogP) is 2.28. The SMILES string of the molecule is CC(=O)N1CCCN(C(=O)c2ccc(Br)c(F)c2)CC1. The molecular formula is C14H16BrFN2O2. The molecule has 0 bridgehead atoms. The quantitative estimate of drug-likeness (QED) is 0.785. The lowest BCUT2D eigenvalue weighted by atomic mass is 10.2. The standard InChI is InChI=1S/C14H16BrFN2O2/c1-10(19)17-5-2-6-18(8-7-17)14(20)11-3-4-12(15)13(16)9-11/h3-4,9H,2,5-8H2,1H3. The maximum absolute atomic E-state index is 13.5. The third kappa shape index (κ3) is 3.36. The molecule has 0 radical (unpaired) electrons. The van der Waals surface area contributed by atoms with E-state index in [0.717, 1.165) is 6.42 Å². The van der Waals surface area contributed by atoms with Crippen LogP contribution in [0.3, 0.4) is 0 Å². The Morgan fingerprint density at radius 1 is 1.15 bits per heavy atom. The molecule has 2 amide bonds. The fourth-order valence-corrected chi connectivity index (χ4v) is 2.49. The van der Waals surface area contributed by atoms with Crippen LogP contribution in [0.15, 0.2) is 22.7 Å². The lowest BCUT2D eigenvalue weighted by Crippen LogP contribution is -2.36. The smallest absolute Gasteiger partial charge is 0.254 e. The number of halogens is 2. The van der Waals surface area contributed by atoms with Gasteiger partial charge in [-0.15, -0.1) is 0 Å². The van der Waals surface area contributed by atoms with Crippen LogP contribution in [0.5, 0.6) is 0 Å². The third-order valence-electron chi connectivity index (χ3n) is 3.39. The zero-order chi connectivity index (χ0) is 14.7. The van der Waals surface area contributed by atoms with Crippen molar-refractivity contribution in [2.75, 3.05) is 26.2 Å². The highest BCUT2D eigenvalue weighted by Crippen LogP contribution is 2.18. The van der Waals surface area contributed by atoms with Crippen molar-refractivity contribution in [2.45, 2.75) is 13.3 Å². The highest BCUT2D eigenvalue weighted by molar-refractivity contribution is 9.10. The largest absolute Gasteiger partial charge is 0.341 e. The Bertz CT molecular complexity index is 536. The summed E-state index contributed by atoms with van der Waals surface area (Å²) in [5.74, 6) is -0.619. The molecule has 1 fully saturated rings. The summed E-state index contributed by atoms with van der Waals surface area (Å²) >= 11 is 3.07. The minimum absolute atomic E-state index is 0.0222. The first-order valence-electron chi connectivity index (χ1n) is 6.49. The van der Waals surface area contributed by atoms with Crippen LogP contribution in [0.4, 0.5) is 4.39 Å². The minimum atomic E-state index is -0.448. The summed E-state index contributed by atoms with van der Waals surface area (Å²) in [6.45, 7) is 3.78. The van der Waals surface area contributed by atoms with Crippen LogP contribution in [0.2, 0.25) is 0 Å². The summed E-state index contributed by atoms with van der Waals surface area (Å²) in [4.78, 5) is 27.1. The molecule has 0 aromatic heterocycles. The van der Waals surface area contributed by atoms with Crippen molar-refractivity contribution in [1.29, 1.82) is 0 Å². The summed E-state index contributed by atoms with van der Waals surface area (Å²) in [6, 6.07) is 4.37. The monoisotopic (exact) mass is 342 g/mol. The van der Waals surface area contributed by atoms with Crippen molar-refractivity contribution in [3.63, 3.8) is 0 Å². The average Bonchev–Trinajstić information content (AvgIpc) is 2.67. The van der Waals surface area contributed by atoms with Crippen LogP contribution in [0.1, 0.15) is 23.7 Å². The van der Waals surface area contributed by atoms with Gasteiger partial charge in [0.05, 0.1) is 4.47 Å². The van der Waals surface area contributed by atoms with Crippen molar-refractivity contribution >= 4 is 27.7 Å². The van der Waals surface area contributed by atoms with Crippen LogP contribution < -0.4 is 0 Å². The van der Waals surface area contributed by atoms with Gasteiger partial charge < -0.3 is 9.80 Å². The van der Waals surface area contributed by atoms with Gasteiger partial charge in [0.15, 0.2) is 0 Å². The van der Waals surface area contributed by atoms with Crippen molar-refractivity contribution in [2.24, 2.45) is 0 Å². The number of hydrogen-bond acceptors (Lipinski definition) is 2. The number of amides is 2. The Labute approximate surface area is 125 Å². The third-order valence-corrected chi connectivity index (χ3v) is 4.04. The molecule has 0 unspecified atom stereocenters. The fraction of sp³-hybridized carbons (Fsp3) is 0.429. The zero-order valence-corrected chi connectivity index (χ0v) is 12.8. The van der Waals surface area contributed by atoms with Gasteiger partial charge in [-0.05, 0) is 40.5 Å². The van der Waals surface area contributed by atoms with Gasteiger partial charge in [0.25, 0.3) is 5.91 Å². The Kier molecular flexibility index (Phi) is 4.75. The van der Waals surface area contributed by atoms with Crippen molar-refractivity contribution in [3.05, 3.63) is 34.1 Å². The molecule has 1 saturated heterocycles. The van der Waals surface area contributed by atoms with E-state index in [0.29, 0.717) is 36.2 Å². The van der Waals surface area contributed by atoms with Crippen LogP contribution in [0, 0.1) is 5.82 Å². The van der Waals surface area contributed by atoms with E-state index in [4.69, 9.17) is 0 Å². The number of nitrogens with zero attached hydrogens (tertiary/aromatic N) is 2. The first-order valence-corrected chi connectivity index (χ1v) is 7.28.